The second kappa shape index (κ2) is 6.60. The fraction of sp³-hybridized carbons (Fsp3) is 0.353. The zero-order valence-corrected chi connectivity index (χ0v) is 12.7. The molecule has 3 rings (SSSR count). The molecular weight excluding hydrogens is 302 g/mol. The lowest BCUT2D eigenvalue weighted by molar-refractivity contribution is 0.172. The quantitative estimate of drug-likeness (QED) is 0.941. The largest absolute Gasteiger partial charge is 0.481 e. The molecule has 2 aromatic rings. The summed E-state index contributed by atoms with van der Waals surface area (Å²) >= 11 is 0. The Morgan fingerprint density at radius 3 is 2.83 bits per heavy atom. The van der Waals surface area contributed by atoms with Gasteiger partial charge in [0.1, 0.15) is 0 Å². The van der Waals surface area contributed by atoms with Crippen LogP contribution in [0.4, 0.5) is 8.78 Å². The average molecular weight is 320 g/mol. The van der Waals surface area contributed by atoms with E-state index in [1.165, 1.54) is 6.07 Å². The van der Waals surface area contributed by atoms with E-state index >= 15 is 0 Å². The zero-order chi connectivity index (χ0) is 16.4. The van der Waals surface area contributed by atoms with Crippen LogP contribution < -0.4 is 4.74 Å². The first kappa shape index (κ1) is 15.8. The summed E-state index contributed by atoms with van der Waals surface area (Å²) in [6.07, 6.45) is -0.0200. The van der Waals surface area contributed by atoms with Crippen LogP contribution in [0.25, 0.3) is 0 Å². The summed E-state index contributed by atoms with van der Waals surface area (Å²) < 4.78 is 31.7. The van der Waals surface area contributed by atoms with Gasteiger partial charge < -0.3 is 9.84 Å². The van der Waals surface area contributed by atoms with Crippen LogP contribution in [0.15, 0.2) is 36.4 Å². The highest BCUT2D eigenvalue weighted by atomic mass is 19.2. The summed E-state index contributed by atoms with van der Waals surface area (Å²) in [7, 11) is 1.55. The second-order valence-corrected chi connectivity index (χ2v) is 5.68. The number of aromatic nitrogens is 1. The number of hydrogen-bond donors (Lipinski definition) is 1. The van der Waals surface area contributed by atoms with Gasteiger partial charge in [-0.1, -0.05) is 12.1 Å². The van der Waals surface area contributed by atoms with Crippen LogP contribution in [-0.2, 0) is 6.54 Å². The van der Waals surface area contributed by atoms with Gasteiger partial charge >= 0.3 is 0 Å². The SMILES string of the molecule is COc1cccc(CN2C[C@H](O)C[C@@H]2c2ccc(F)c(F)c2)n1. The Bertz CT molecular complexity index is 696. The monoisotopic (exact) mass is 320 g/mol. The highest BCUT2D eigenvalue weighted by Gasteiger charge is 2.32. The van der Waals surface area contributed by atoms with Crippen LogP contribution >= 0.6 is 0 Å². The van der Waals surface area contributed by atoms with E-state index in [9.17, 15) is 13.9 Å². The number of ether oxygens (including phenoxy) is 1. The molecule has 1 N–H and O–H groups in total. The van der Waals surface area contributed by atoms with E-state index in [2.05, 4.69) is 4.98 Å². The lowest BCUT2D eigenvalue weighted by atomic mass is 10.0. The highest BCUT2D eigenvalue weighted by molar-refractivity contribution is 5.23. The van der Waals surface area contributed by atoms with Crippen molar-refractivity contribution in [2.75, 3.05) is 13.7 Å². The van der Waals surface area contributed by atoms with Crippen molar-refractivity contribution in [1.29, 1.82) is 0 Å². The number of β-amino-alcohol motifs (C(OH)–C–C–N with tert-alkyl or cyclic N) is 1. The van der Waals surface area contributed by atoms with E-state index < -0.39 is 17.7 Å². The van der Waals surface area contributed by atoms with Crippen LogP contribution in [0.2, 0.25) is 0 Å². The molecule has 1 aromatic heterocycles. The van der Waals surface area contributed by atoms with Crippen molar-refractivity contribution in [3.05, 3.63) is 59.3 Å². The number of hydrogen-bond acceptors (Lipinski definition) is 4. The van der Waals surface area contributed by atoms with Crippen molar-refractivity contribution in [1.82, 2.24) is 9.88 Å². The number of benzene rings is 1. The Morgan fingerprint density at radius 1 is 1.26 bits per heavy atom. The van der Waals surface area contributed by atoms with E-state index in [1.54, 1.807) is 19.2 Å². The van der Waals surface area contributed by atoms with Crippen molar-refractivity contribution in [2.24, 2.45) is 0 Å². The maximum Gasteiger partial charge on any atom is 0.213 e. The van der Waals surface area contributed by atoms with Crippen LogP contribution in [0, 0.1) is 11.6 Å². The molecule has 0 radical (unpaired) electrons. The summed E-state index contributed by atoms with van der Waals surface area (Å²) in [5.41, 5.74) is 1.45. The summed E-state index contributed by atoms with van der Waals surface area (Å²) in [6, 6.07) is 9.19. The van der Waals surface area contributed by atoms with Gasteiger partial charge in [-0.25, -0.2) is 13.8 Å². The van der Waals surface area contributed by atoms with Gasteiger partial charge in [0.15, 0.2) is 11.6 Å². The van der Waals surface area contributed by atoms with Gasteiger partial charge in [0, 0.05) is 25.2 Å². The molecule has 1 aliphatic rings. The van der Waals surface area contributed by atoms with Gasteiger partial charge in [0.05, 0.1) is 18.9 Å². The number of methoxy groups -OCH3 is 1. The number of aliphatic hydroxyl groups excluding tert-OH is 1. The van der Waals surface area contributed by atoms with Gasteiger partial charge in [-0.2, -0.15) is 0 Å². The number of aliphatic hydroxyl groups is 1. The van der Waals surface area contributed by atoms with Crippen LogP contribution in [0.3, 0.4) is 0 Å². The molecule has 0 unspecified atom stereocenters. The molecule has 1 aliphatic heterocycles. The molecule has 0 saturated carbocycles. The third kappa shape index (κ3) is 3.48. The molecule has 2 heterocycles. The van der Waals surface area contributed by atoms with E-state index in [0.29, 0.717) is 31.0 Å². The maximum absolute atomic E-state index is 13.5. The lowest BCUT2D eigenvalue weighted by Crippen LogP contribution is -2.25. The second-order valence-electron chi connectivity index (χ2n) is 5.68. The van der Waals surface area contributed by atoms with E-state index in [-0.39, 0.29) is 6.04 Å². The van der Waals surface area contributed by atoms with Crippen molar-refractivity contribution in [2.45, 2.75) is 25.1 Å². The first-order valence-corrected chi connectivity index (χ1v) is 7.44. The Hall–Kier alpha value is -2.05. The predicted octanol–water partition coefficient (Wildman–Crippen LogP) is 2.68. The molecule has 1 aromatic carbocycles. The third-order valence-electron chi connectivity index (χ3n) is 4.07. The third-order valence-corrected chi connectivity index (χ3v) is 4.07. The summed E-state index contributed by atoms with van der Waals surface area (Å²) in [6.45, 7) is 0.959. The van der Waals surface area contributed by atoms with Gasteiger partial charge in [-0.3, -0.25) is 4.90 Å². The molecule has 122 valence electrons. The standard InChI is InChI=1S/C17H18F2N2O2/c1-23-17-4-2-3-12(20-17)9-21-10-13(22)8-16(21)11-5-6-14(18)15(19)7-11/h2-7,13,16,22H,8-10H2,1H3/t13-,16-/m1/s1. The number of nitrogens with zero attached hydrogens (tertiary/aromatic N) is 2. The average Bonchev–Trinajstić information content (AvgIpc) is 2.90. The number of likely N-dealkylation sites (tertiary alicyclic amines) is 1. The summed E-state index contributed by atoms with van der Waals surface area (Å²) in [4.78, 5) is 6.37. The molecule has 0 bridgehead atoms. The number of rotatable bonds is 4. The maximum atomic E-state index is 13.5. The van der Waals surface area contributed by atoms with E-state index in [4.69, 9.17) is 4.74 Å². The van der Waals surface area contributed by atoms with Crippen molar-refractivity contribution in [3.8, 4) is 5.88 Å². The molecule has 23 heavy (non-hydrogen) atoms. The Balaban J connectivity index is 1.82. The van der Waals surface area contributed by atoms with E-state index in [1.807, 2.05) is 17.0 Å². The van der Waals surface area contributed by atoms with Crippen LogP contribution in [-0.4, -0.2) is 34.7 Å². The predicted molar refractivity (Wildman–Crippen MR) is 80.9 cm³/mol. The molecule has 1 saturated heterocycles. The summed E-state index contributed by atoms with van der Waals surface area (Å²) in [5, 5.41) is 9.98. The Morgan fingerprint density at radius 2 is 2.09 bits per heavy atom. The Labute approximate surface area is 133 Å². The molecule has 2 atom stereocenters. The van der Waals surface area contributed by atoms with Crippen LogP contribution in [0.1, 0.15) is 23.7 Å². The minimum absolute atomic E-state index is 0.173. The molecule has 6 heteroatoms. The molecule has 0 spiro atoms. The van der Waals surface area contributed by atoms with E-state index in [0.717, 1.165) is 11.8 Å². The molecule has 4 nitrogen and oxygen atoms in total. The fourth-order valence-electron chi connectivity index (χ4n) is 2.99. The highest BCUT2D eigenvalue weighted by Crippen LogP contribution is 2.34. The zero-order valence-electron chi connectivity index (χ0n) is 12.7. The van der Waals surface area contributed by atoms with Crippen LogP contribution in [0.5, 0.6) is 5.88 Å². The van der Waals surface area contributed by atoms with Crippen molar-refractivity contribution in [3.63, 3.8) is 0 Å². The lowest BCUT2D eigenvalue weighted by Gasteiger charge is -2.24. The first-order chi connectivity index (χ1) is 11.1. The summed E-state index contributed by atoms with van der Waals surface area (Å²) in [5.74, 6) is -1.22. The first-order valence-electron chi connectivity index (χ1n) is 7.44. The van der Waals surface area contributed by atoms with Crippen molar-refractivity contribution < 1.29 is 18.6 Å². The minimum Gasteiger partial charge on any atom is -0.481 e. The Kier molecular flexibility index (Phi) is 4.54. The normalized spacial score (nSPS) is 21.6. The molecule has 0 amide bonds. The molecule has 0 aliphatic carbocycles. The van der Waals surface area contributed by atoms with Gasteiger partial charge in [-0.15, -0.1) is 0 Å². The minimum atomic E-state index is -0.872. The van der Waals surface area contributed by atoms with Gasteiger partial charge in [-0.05, 0) is 30.2 Å². The molecule has 1 fully saturated rings. The van der Waals surface area contributed by atoms with Gasteiger partial charge in [0.25, 0.3) is 0 Å². The topological polar surface area (TPSA) is 45.6 Å². The number of pyridine rings is 1. The molecular formula is C17H18F2N2O2. The van der Waals surface area contributed by atoms with Crippen molar-refractivity contribution >= 4 is 0 Å². The smallest absolute Gasteiger partial charge is 0.213 e. The fourth-order valence-corrected chi connectivity index (χ4v) is 2.99. The number of halogens is 2. The van der Waals surface area contributed by atoms with Gasteiger partial charge in [0.2, 0.25) is 5.88 Å².